The molecule has 0 saturated heterocycles. The molecule has 1 N–H and O–H groups in total. The van der Waals surface area contributed by atoms with Crippen molar-refractivity contribution in [3.8, 4) is 0 Å². The van der Waals surface area contributed by atoms with Gasteiger partial charge in [0.2, 0.25) is 0 Å². The van der Waals surface area contributed by atoms with Crippen LogP contribution in [-0.2, 0) is 13.0 Å². The standard InChI is InChI=1S/C18H20N6O/c1-12(17-23-22-16-9-3-2-6-10-24(16)17)20-18(25)15-11-19-13-7-4-5-8-14(13)21-15/h4-5,7-8,11-12H,2-3,6,9-10H2,1H3,(H,20,25). The number of aromatic nitrogens is 5. The number of rotatable bonds is 3. The Kier molecular flexibility index (Phi) is 4.13. The molecule has 1 aromatic carbocycles. The van der Waals surface area contributed by atoms with Gasteiger partial charge in [-0.2, -0.15) is 0 Å². The van der Waals surface area contributed by atoms with Crippen molar-refractivity contribution in [1.82, 2.24) is 30.0 Å². The molecule has 0 radical (unpaired) electrons. The molecule has 0 saturated carbocycles. The lowest BCUT2D eigenvalue weighted by atomic mass is 10.2. The summed E-state index contributed by atoms with van der Waals surface area (Å²) in [5.41, 5.74) is 1.79. The Morgan fingerprint density at radius 3 is 2.88 bits per heavy atom. The zero-order valence-electron chi connectivity index (χ0n) is 14.1. The summed E-state index contributed by atoms with van der Waals surface area (Å²) in [7, 11) is 0. The van der Waals surface area contributed by atoms with E-state index in [0.29, 0.717) is 11.2 Å². The zero-order valence-corrected chi connectivity index (χ0v) is 14.1. The van der Waals surface area contributed by atoms with Gasteiger partial charge >= 0.3 is 0 Å². The van der Waals surface area contributed by atoms with Gasteiger partial charge in [-0.05, 0) is 31.9 Å². The minimum atomic E-state index is -0.253. The maximum atomic E-state index is 12.6. The third-order valence-electron chi connectivity index (χ3n) is 4.55. The fourth-order valence-electron chi connectivity index (χ4n) is 3.23. The van der Waals surface area contributed by atoms with Crippen LogP contribution in [0.3, 0.4) is 0 Å². The number of nitrogens with zero attached hydrogens (tertiary/aromatic N) is 5. The number of amides is 1. The lowest BCUT2D eigenvalue weighted by Crippen LogP contribution is -2.29. The number of benzene rings is 1. The van der Waals surface area contributed by atoms with Crippen LogP contribution in [0, 0.1) is 0 Å². The van der Waals surface area contributed by atoms with E-state index in [0.717, 1.165) is 43.0 Å². The summed E-state index contributed by atoms with van der Waals surface area (Å²) in [6.07, 6.45) is 5.93. The van der Waals surface area contributed by atoms with E-state index in [1.165, 1.54) is 12.6 Å². The number of fused-ring (bicyclic) bond motifs is 2. The molecule has 1 unspecified atom stereocenters. The predicted molar refractivity (Wildman–Crippen MR) is 93.0 cm³/mol. The molecule has 7 nitrogen and oxygen atoms in total. The van der Waals surface area contributed by atoms with Crippen LogP contribution in [0.4, 0.5) is 0 Å². The highest BCUT2D eigenvalue weighted by atomic mass is 16.2. The summed E-state index contributed by atoms with van der Waals surface area (Å²) in [6, 6.07) is 7.27. The molecule has 3 aromatic rings. The Balaban J connectivity index is 1.54. The first kappa shape index (κ1) is 15.7. The second kappa shape index (κ2) is 6.58. The SMILES string of the molecule is CC(NC(=O)c1cnc2ccccc2n1)c1nnc2n1CCCCC2. The van der Waals surface area contributed by atoms with Crippen molar-refractivity contribution in [2.75, 3.05) is 0 Å². The first-order valence-corrected chi connectivity index (χ1v) is 8.67. The van der Waals surface area contributed by atoms with Crippen LogP contribution in [0.2, 0.25) is 0 Å². The number of aryl methyl sites for hydroxylation is 1. The van der Waals surface area contributed by atoms with Crippen molar-refractivity contribution in [1.29, 1.82) is 0 Å². The minimum absolute atomic E-state index is 0.236. The Morgan fingerprint density at radius 1 is 1.16 bits per heavy atom. The third kappa shape index (κ3) is 3.09. The Morgan fingerprint density at radius 2 is 2.00 bits per heavy atom. The Bertz CT molecular complexity index is 919. The van der Waals surface area contributed by atoms with Gasteiger partial charge in [0.15, 0.2) is 5.82 Å². The van der Waals surface area contributed by atoms with E-state index >= 15 is 0 Å². The molecule has 1 aliphatic heterocycles. The molecular formula is C18H20N6O. The van der Waals surface area contributed by atoms with Gasteiger partial charge in [-0.25, -0.2) is 4.98 Å². The number of carbonyl (C=O) groups excluding carboxylic acids is 1. The lowest BCUT2D eigenvalue weighted by molar-refractivity contribution is 0.0932. The van der Waals surface area contributed by atoms with Crippen molar-refractivity contribution in [2.24, 2.45) is 0 Å². The Labute approximate surface area is 145 Å². The molecule has 3 heterocycles. The molecule has 0 aliphatic carbocycles. The highest BCUT2D eigenvalue weighted by Crippen LogP contribution is 2.19. The smallest absolute Gasteiger partial charge is 0.272 e. The molecule has 128 valence electrons. The van der Waals surface area contributed by atoms with Gasteiger partial charge in [-0.15, -0.1) is 10.2 Å². The van der Waals surface area contributed by atoms with E-state index < -0.39 is 0 Å². The molecule has 7 heteroatoms. The first-order chi connectivity index (χ1) is 12.2. The second-order valence-corrected chi connectivity index (χ2v) is 6.38. The monoisotopic (exact) mass is 336 g/mol. The van der Waals surface area contributed by atoms with Crippen LogP contribution in [0.15, 0.2) is 30.5 Å². The lowest BCUT2D eigenvalue weighted by Gasteiger charge is -2.15. The maximum Gasteiger partial charge on any atom is 0.272 e. The molecule has 4 rings (SSSR count). The first-order valence-electron chi connectivity index (χ1n) is 8.67. The molecule has 0 spiro atoms. The number of nitrogens with one attached hydrogen (secondary N) is 1. The third-order valence-corrected chi connectivity index (χ3v) is 4.55. The zero-order chi connectivity index (χ0) is 17.2. The summed E-state index contributed by atoms with van der Waals surface area (Å²) < 4.78 is 2.14. The van der Waals surface area contributed by atoms with Gasteiger partial charge in [0.25, 0.3) is 5.91 Å². The van der Waals surface area contributed by atoms with Crippen molar-refractivity contribution in [2.45, 2.75) is 45.2 Å². The van der Waals surface area contributed by atoms with Gasteiger partial charge in [0.05, 0.1) is 23.3 Å². The average Bonchev–Trinajstić information content (AvgIpc) is 2.90. The summed E-state index contributed by atoms with van der Waals surface area (Å²) in [4.78, 5) is 21.3. The van der Waals surface area contributed by atoms with Crippen molar-refractivity contribution < 1.29 is 4.79 Å². The van der Waals surface area contributed by atoms with E-state index in [1.54, 1.807) is 0 Å². The van der Waals surface area contributed by atoms with Gasteiger partial charge < -0.3 is 9.88 Å². The Hall–Kier alpha value is -2.83. The molecular weight excluding hydrogens is 316 g/mol. The molecule has 1 atom stereocenters. The van der Waals surface area contributed by atoms with Crippen molar-refractivity contribution >= 4 is 16.9 Å². The molecule has 2 aromatic heterocycles. The number of hydrogen-bond donors (Lipinski definition) is 1. The summed E-state index contributed by atoms with van der Waals surface area (Å²) in [6.45, 7) is 2.84. The van der Waals surface area contributed by atoms with Crippen molar-refractivity contribution in [3.63, 3.8) is 0 Å². The van der Waals surface area contributed by atoms with Crippen molar-refractivity contribution in [3.05, 3.63) is 47.8 Å². The highest BCUT2D eigenvalue weighted by Gasteiger charge is 2.21. The average molecular weight is 336 g/mol. The second-order valence-electron chi connectivity index (χ2n) is 6.38. The number of carbonyl (C=O) groups is 1. The number of para-hydroxylation sites is 2. The molecule has 0 bridgehead atoms. The summed E-state index contributed by atoms with van der Waals surface area (Å²) in [5, 5.41) is 11.6. The van der Waals surface area contributed by atoms with Crippen LogP contribution in [-0.4, -0.2) is 30.6 Å². The van der Waals surface area contributed by atoms with Crippen LogP contribution in [0.1, 0.15) is 54.4 Å². The fraction of sp³-hybridized carbons (Fsp3) is 0.389. The summed E-state index contributed by atoms with van der Waals surface area (Å²) >= 11 is 0. The van der Waals surface area contributed by atoms with Crippen LogP contribution in [0.25, 0.3) is 11.0 Å². The van der Waals surface area contributed by atoms with Crippen LogP contribution >= 0.6 is 0 Å². The van der Waals surface area contributed by atoms with E-state index in [4.69, 9.17) is 0 Å². The maximum absolute atomic E-state index is 12.6. The topological polar surface area (TPSA) is 85.6 Å². The minimum Gasteiger partial charge on any atom is -0.341 e. The quantitative estimate of drug-likeness (QED) is 0.794. The molecule has 0 fully saturated rings. The van der Waals surface area contributed by atoms with Gasteiger partial charge in [0.1, 0.15) is 11.5 Å². The predicted octanol–water partition coefficient (Wildman–Crippen LogP) is 2.44. The molecule has 1 amide bonds. The number of hydrogen-bond acceptors (Lipinski definition) is 5. The van der Waals surface area contributed by atoms with Gasteiger partial charge in [-0.3, -0.25) is 9.78 Å². The largest absolute Gasteiger partial charge is 0.341 e. The van der Waals surface area contributed by atoms with Crippen LogP contribution in [0.5, 0.6) is 0 Å². The van der Waals surface area contributed by atoms with E-state index in [1.807, 2.05) is 31.2 Å². The van der Waals surface area contributed by atoms with E-state index in [9.17, 15) is 4.79 Å². The van der Waals surface area contributed by atoms with Gasteiger partial charge in [0, 0.05) is 13.0 Å². The normalized spacial score (nSPS) is 15.4. The van der Waals surface area contributed by atoms with E-state index in [2.05, 4.69) is 30.0 Å². The van der Waals surface area contributed by atoms with Gasteiger partial charge in [-0.1, -0.05) is 18.6 Å². The van der Waals surface area contributed by atoms with E-state index in [-0.39, 0.29) is 11.9 Å². The highest BCUT2D eigenvalue weighted by molar-refractivity contribution is 5.93. The molecule has 25 heavy (non-hydrogen) atoms. The fourth-order valence-corrected chi connectivity index (χ4v) is 3.23. The van der Waals surface area contributed by atoms with Crippen LogP contribution < -0.4 is 5.32 Å². The molecule has 1 aliphatic rings. The summed E-state index contributed by atoms with van der Waals surface area (Å²) in [5.74, 6) is 1.56.